The number of sulfonamides is 1. The number of benzene rings is 1. The molecule has 1 rings (SSSR count). The lowest BCUT2D eigenvalue weighted by molar-refractivity contribution is 0.253. The van der Waals surface area contributed by atoms with Gasteiger partial charge < -0.3 is 10.4 Å². The standard InChI is InChI=1S/C14H24N2O3S/c1-4-8-16(9-10-17)20(18,19)14-7-5-6-13(11-14)12(2)15-3/h5-7,11-12,15,17H,4,8-10H2,1-3H3. The van der Waals surface area contributed by atoms with E-state index in [4.69, 9.17) is 5.11 Å². The van der Waals surface area contributed by atoms with Crippen LogP contribution in [-0.4, -0.2) is 44.6 Å². The molecule has 0 aliphatic carbocycles. The molecule has 0 saturated heterocycles. The lowest BCUT2D eigenvalue weighted by atomic mass is 10.1. The van der Waals surface area contributed by atoms with Gasteiger partial charge >= 0.3 is 0 Å². The van der Waals surface area contributed by atoms with E-state index in [2.05, 4.69) is 5.32 Å². The molecule has 0 aliphatic rings. The molecule has 0 bridgehead atoms. The Morgan fingerprint density at radius 3 is 2.60 bits per heavy atom. The van der Waals surface area contributed by atoms with Crippen molar-refractivity contribution in [1.29, 1.82) is 0 Å². The smallest absolute Gasteiger partial charge is 0.243 e. The highest BCUT2D eigenvalue weighted by atomic mass is 32.2. The van der Waals surface area contributed by atoms with Crippen LogP contribution in [-0.2, 0) is 10.0 Å². The molecule has 0 amide bonds. The van der Waals surface area contributed by atoms with Crippen LogP contribution in [0.5, 0.6) is 0 Å². The van der Waals surface area contributed by atoms with Crippen LogP contribution in [0, 0.1) is 0 Å². The molecular weight excluding hydrogens is 276 g/mol. The van der Waals surface area contributed by atoms with E-state index >= 15 is 0 Å². The molecule has 0 spiro atoms. The molecule has 0 aliphatic heterocycles. The Balaban J connectivity index is 3.13. The van der Waals surface area contributed by atoms with Crippen molar-refractivity contribution in [2.75, 3.05) is 26.7 Å². The van der Waals surface area contributed by atoms with Gasteiger partial charge in [-0.25, -0.2) is 8.42 Å². The summed E-state index contributed by atoms with van der Waals surface area (Å²) in [6.07, 6.45) is 0.714. The molecule has 0 fully saturated rings. The monoisotopic (exact) mass is 300 g/mol. The highest BCUT2D eigenvalue weighted by molar-refractivity contribution is 7.89. The molecule has 1 aromatic rings. The summed E-state index contributed by atoms with van der Waals surface area (Å²) in [5.41, 5.74) is 0.925. The van der Waals surface area contributed by atoms with Gasteiger partial charge in [-0.15, -0.1) is 0 Å². The first kappa shape index (κ1) is 17.1. The molecule has 0 heterocycles. The van der Waals surface area contributed by atoms with E-state index < -0.39 is 10.0 Å². The number of aliphatic hydroxyl groups is 1. The molecule has 6 heteroatoms. The molecule has 1 atom stereocenters. The number of nitrogens with zero attached hydrogens (tertiary/aromatic N) is 1. The molecule has 2 N–H and O–H groups in total. The maximum atomic E-state index is 12.6. The van der Waals surface area contributed by atoms with Crippen molar-refractivity contribution in [2.45, 2.75) is 31.2 Å². The lowest BCUT2D eigenvalue weighted by Crippen LogP contribution is -2.34. The first-order chi connectivity index (χ1) is 9.47. The quantitative estimate of drug-likeness (QED) is 0.760. The number of nitrogens with one attached hydrogen (secondary N) is 1. The maximum absolute atomic E-state index is 12.6. The van der Waals surface area contributed by atoms with Crippen LogP contribution in [0.15, 0.2) is 29.2 Å². The molecule has 20 heavy (non-hydrogen) atoms. The Hall–Kier alpha value is -0.950. The second kappa shape index (κ2) is 7.73. The van der Waals surface area contributed by atoms with Gasteiger partial charge in [-0.1, -0.05) is 19.1 Å². The zero-order chi connectivity index (χ0) is 15.2. The van der Waals surface area contributed by atoms with Gasteiger partial charge in [0.05, 0.1) is 11.5 Å². The molecule has 1 aromatic carbocycles. The van der Waals surface area contributed by atoms with Gasteiger partial charge in [-0.05, 0) is 38.1 Å². The SMILES string of the molecule is CCCN(CCO)S(=O)(=O)c1cccc(C(C)NC)c1. The number of rotatable bonds is 8. The molecule has 0 saturated carbocycles. The Labute approximate surface area is 121 Å². The predicted molar refractivity (Wildman–Crippen MR) is 80.1 cm³/mol. The fraction of sp³-hybridized carbons (Fsp3) is 0.571. The fourth-order valence-corrected chi connectivity index (χ4v) is 3.55. The summed E-state index contributed by atoms with van der Waals surface area (Å²) in [5, 5.41) is 12.1. The highest BCUT2D eigenvalue weighted by Gasteiger charge is 2.23. The van der Waals surface area contributed by atoms with Crippen LogP contribution < -0.4 is 5.32 Å². The van der Waals surface area contributed by atoms with Gasteiger partial charge in [0, 0.05) is 19.1 Å². The first-order valence-electron chi connectivity index (χ1n) is 6.85. The van der Waals surface area contributed by atoms with Gasteiger partial charge in [0.1, 0.15) is 0 Å². The minimum Gasteiger partial charge on any atom is -0.395 e. The third-order valence-electron chi connectivity index (χ3n) is 3.25. The summed E-state index contributed by atoms with van der Waals surface area (Å²) in [4.78, 5) is 0.277. The number of hydrogen-bond acceptors (Lipinski definition) is 4. The summed E-state index contributed by atoms with van der Waals surface area (Å²) >= 11 is 0. The first-order valence-corrected chi connectivity index (χ1v) is 8.29. The minimum atomic E-state index is -3.54. The average Bonchev–Trinajstić information content (AvgIpc) is 2.46. The molecule has 1 unspecified atom stereocenters. The predicted octanol–water partition coefficient (Wildman–Crippen LogP) is 1.36. The van der Waals surface area contributed by atoms with Gasteiger partial charge in [-0.3, -0.25) is 0 Å². The average molecular weight is 300 g/mol. The van der Waals surface area contributed by atoms with Gasteiger partial charge in [-0.2, -0.15) is 4.31 Å². The van der Waals surface area contributed by atoms with Gasteiger partial charge in [0.25, 0.3) is 0 Å². The van der Waals surface area contributed by atoms with Crippen molar-refractivity contribution >= 4 is 10.0 Å². The van der Waals surface area contributed by atoms with E-state index in [9.17, 15) is 8.42 Å². The van der Waals surface area contributed by atoms with Crippen LogP contribution in [0.1, 0.15) is 31.9 Å². The van der Waals surface area contributed by atoms with Crippen molar-refractivity contribution in [3.05, 3.63) is 29.8 Å². The molecule has 0 aromatic heterocycles. The maximum Gasteiger partial charge on any atom is 0.243 e. The van der Waals surface area contributed by atoms with Crippen molar-refractivity contribution < 1.29 is 13.5 Å². The van der Waals surface area contributed by atoms with Crippen molar-refractivity contribution in [2.24, 2.45) is 0 Å². The highest BCUT2D eigenvalue weighted by Crippen LogP contribution is 2.20. The van der Waals surface area contributed by atoms with Crippen molar-refractivity contribution in [3.8, 4) is 0 Å². The van der Waals surface area contributed by atoms with Crippen LogP contribution in [0.2, 0.25) is 0 Å². The van der Waals surface area contributed by atoms with E-state index in [0.717, 1.165) is 5.56 Å². The van der Waals surface area contributed by atoms with E-state index in [-0.39, 0.29) is 24.1 Å². The van der Waals surface area contributed by atoms with Crippen LogP contribution in [0.3, 0.4) is 0 Å². The molecule has 5 nitrogen and oxygen atoms in total. The topological polar surface area (TPSA) is 69.6 Å². The van der Waals surface area contributed by atoms with Crippen LogP contribution in [0.25, 0.3) is 0 Å². The third-order valence-corrected chi connectivity index (χ3v) is 5.15. The lowest BCUT2D eigenvalue weighted by Gasteiger charge is -2.21. The largest absolute Gasteiger partial charge is 0.395 e. The van der Waals surface area contributed by atoms with E-state index in [1.165, 1.54) is 4.31 Å². The van der Waals surface area contributed by atoms with Gasteiger partial charge in [0.2, 0.25) is 10.0 Å². The van der Waals surface area contributed by atoms with Crippen LogP contribution >= 0.6 is 0 Å². The van der Waals surface area contributed by atoms with Crippen LogP contribution in [0.4, 0.5) is 0 Å². The zero-order valence-corrected chi connectivity index (χ0v) is 13.2. The Morgan fingerprint density at radius 2 is 2.05 bits per heavy atom. The third kappa shape index (κ3) is 4.02. The second-order valence-corrected chi connectivity index (χ2v) is 6.65. The van der Waals surface area contributed by atoms with Crippen molar-refractivity contribution in [3.63, 3.8) is 0 Å². The van der Waals surface area contributed by atoms with E-state index in [1.807, 2.05) is 27.0 Å². The number of aliphatic hydroxyl groups excluding tert-OH is 1. The Bertz CT molecular complexity index is 511. The zero-order valence-electron chi connectivity index (χ0n) is 12.3. The molecule has 114 valence electrons. The van der Waals surface area contributed by atoms with Gasteiger partial charge in [0.15, 0.2) is 0 Å². The van der Waals surface area contributed by atoms with E-state index in [1.54, 1.807) is 18.2 Å². The normalized spacial score (nSPS) is 13.7. The summed E-state index contributed by atoms with van der Waals surface area (Å²) < 4.78 is 26.5. The Kier molecular flexibility index (Phi) is 6.61. The van der Waals surface area contributed by atoms with Crippen molar-refractivity contribution in [1.82, 2.24) is 9.62 Å². The summed E-state index contributed by atoms with van der Waals surface area (Å²) in [5.74, 6) is 0. The summed E-state index contributed by atoms with van der Waals surface area (Å²) in [6, 6.07) is 7.02. The van der Waals surface area contributed by atoms with E-state index in [0.29, 0.717) is 13.0 Å². The Morgan fingerprint density at radius 1 is 1.35 bits per heavy atom. The minimum absolute atomic E-state index is 0.0858. The number of hydrogen-bond donors (Lipinski definition) is 2. The molecular formula is C14H24N2O3S. The summed E-state index contributed by atoms with van der Waals surface area (Å²) in [7, 11) is -1.71. The second-order valence-electron chi connectivity index (χ2n) is 4.71. The fourth-order valence-electron chi connectivity index (χ4n) is 1.97. The molecule has 0 radical (unpaired) electrons. The summed E-state index contributed by atoms with van der Waals surface area (Å²) in [6.45, 7) is 4.26.